The summed E-state index contributed by atoms with van der Waals surface area (Å²) in [6, 6.07) is 2.95. The summed E-state index contributed by atoms with van der Waals surface area (Å²) in [5.41, 5.74) is -0.522. The van der Waals surface area contributed by atoms with Gasteiger partial charge >= 0.3 is 11.9 Å². The number of carbonyl (C=O) groups is 2. The Morgan fingerprint density at radius 3 is 2.36 bits per heavy atom. The number of fused-ring (bicyclic) bond motifs is 3. The predicted molar refractivity (Wildman–Crippen MR) is 127 cm³/mol. The molecule has 3 aliphatic rings. The van der Waals surface area contributed by atoms with Crippen LogP contribution in [0.15, 0.2) is 0 Å². The van der Waals surface area contributed by atoms with Gasteiger partial charge in [0, 0.05) is 31.8 Å². The first kappa shape index (κ1) is 26.6. The first-order chi connectivity index (χ1) is 15.5. The molecule has 3 saturated heterocycles. The number of methoxy groups -OCH3 is 1. The molecular weight excluding hydrogens is 440 g/mol. The van der Waals surface area contributed by atoms with Crippen molar-refractivity contribution >= 4 is 20.3 Å². The maximum atomic E-state index is 12.7. The summed E-state index contributed by atoms with van der Waals surface area (Å²) in [4.78, 5) is 25.3. The summed E-state index contributed by atoms with van der Waals surface area (Å²) < 4.78 is 31.9. The van der Waals surface area contributed by atoms with Crippen LogP contribution in [0.4, 0.5) is 0 Å². The quantitative estimate of drug-likeness (QED) is 0.361. The predicted octanol–water partition coefficient (Wildman–Crippen LogP) is 4.83. The first-order valence-corrected chi connectivity index (χ1v) is 15.3. The van der Waals surface area contributed by atoms with Crippen molar-refractivity contribution in [2.75, 3.05) is 7.11 Å². The molecule has 190 valence electrons. The molecule has 0 N–H and O–H groups in total. The highest BCUT2D eigenvalue weighted by Crippen LogP contribution is 2.52. The minimum absolute atomic E-state index is 0.154. The largest absolute Gasteiger partial charge is 0.462 e. The molecule has 0 unspecified atom stereocenters. The first-order valence-electron chi connectivity index (χ1n) is 12.8. The van der Waals surface area contributed by atoms with Gasteiger partial charge in [0.15, 0.2) is 14.1 Å². The Morgan fingerprint density at radius 1 is 1.18 bits per heavy atom. The second-order valence-corrected chi connectivity index (χ2v) is 15.6. The third-order valence-corrected chi connectivity index (χ3v) is 13.2. The van der Waals surface area contributed by atoms with E-state index in [1.165, 1.54) is 0 Å². The Kier molecular flexibility index (Phi) is 8.04. The van der Waals surface area contributed by atoms with Gasteiger partial charge in [-0.05, 0) is 31.5 Å². The Hall–Kier alpha value is -0.963. The highest BCUT2D eigenvalue weighted by Gasteiger charge is 2.61. The van der Waals surface area contributed by atoms with Crippen LogP contribution < -0.4 is 0 Å². The normalized spacial score (nSPS) is 38.9. The topological polar surface area (TPSA) is 80.3 Å². The molecule has 7 atom stereocenters. The van der Waals surface area contributed by atoms with E-state index in [4.69, 9.17) is 23.4 Å². The molecule has 3 fully saturated rings. The van der Waals surface area contributed by atoms with Crippen molar-refractivity contribution < 1.29 is 33.0 Å². The van der Waals surface area contributed by atoms with Gasteiger partial charge in [-0.2, -0.15) is 0 Å². The average Bonchev–Trinajstić information content (AvgIpc) is 3.35. The van der Waals surface area contributed by atoms with E-state index in [-0.39, 0.29) is 42.2 Å². The molecule has 7 nitrogen and oxygen atoms in total. The number of ether oxygens (including phenoxy) is 4. The van der Waals surface area contributed by atoms with Crippen LogP contribution in [0.3, 0.4) is 0 Å². The summed E-state index contributed by atoms with van der Waals surface area (Å²) in [6.07, 6.45) is 0.884. The van der Waals surface area contributed by atoms with E-state index in [0.717, 1.165) is 31.0 Å². The molecule has 0 aliphatic carbocycles. The second-order valence-electron chi connectivity index (χ2n) is 10.8. The lowest BCUT2D eigenvalue weighted by atomic mass is 9.78. The molecule has 2 bridgehead atoms. The highest BCUT2D eigenvalue weighted by atomic mass is 28.4. The molecule has 0 spiro atoms. The monoisotopic (exact) mass is 484 g/mol. The number of esters is 2. The van der Waals surface area contributed by atoms with Gasteiger partial charge in [0.1, 0.15) is 12.2 Å². The molecule has 0 amide bonds. The van der Waals surface area contributed by atoms with E-state index in [1.54, 1.807) is 7.11 Å². The van der Waals surface area contributed by atoms with Crippen LogP contribution in [0.1, 0.15) is 74.1 Å². The number of hydrogen-bond acceptors (Lipinski definition) is 7. The van der Waals surface area contributed by atoms with Crippen molar-refractivity contribution in [1.29, 1.82) is 0 Å². The molecule has 0 aromatic heterocycles. The Balaban J connectivity index is 2.09. The van der Waals surface area contributed by atoms with Gasteiger partial charge < -0.3 is 23.4 Å². The summed E-state index contributed by atoms with van der Waals surface area (Å²) >= 11 is 0. The van der Waals surface area contributed by atoms with Crippen molar-refractivity contribution in [3.05, 3.63) is 0 Å². The van der Waals surface area contributed by atoms with Gasteiger partial charge in [-0.25, -0.2) is 0 Å². The smallest absolute Gasteiger partial charge is 0.308 e. The second kappa shape index (κ2) is 9.95. The zero-order chi connectivity index (χ0) is 24.6. The van der Waals surface area contributed by atoms with E-state index in [9.17, 15) is 9.59 Å². The molecule has 3 rings (SSSR count). The SMILES string of the molecule is CC[Si](CC)(CC)O[C@H]1[C@H]2OC(=O)C[C@@H]2[C@H](OC(=O)C(C)C)C[C@@]2(C)CC[C@](OC)(O2)[C@@H]1C. The summed E-state index contributed by atoms with van der Waals surface area (Å²) in [5, 5.41) is 0. The van der Waals surface area contributed by atoms with E-state index in [2.05, 4.69) is 34.6 Å². The highest BCUT2D eigenvalue weighted by molar-refractivity contribution is 6.73. The van der Waals surface area contributed by atoms with E-state index in [1.807, 2.05) is 13.8 Å². The lowest BCUT2D eigenvalue weighted by Gasteiger charge is -2.44. The number of carbonyl (C=O) groups excluding carboxylic acids is 2. The Morgan fingerprint density at radius 2 is 1.82 bits per heavy atom. The van der Waals surface area contributed by atoms with E-state index in [0.29, 0.717) is 6.42 Å². The molecule has 0 aromatic carbocycles. The van der Waals surface area contributed by atoms with Crippen LogP contribution in [0.5, 0.6) is 0 Å². The maximum Gasteiger partial charge on any atom is 0.308 e. The molecule has 0 saturated carbocycles. The van der Waals surface area contributed by atoms with Crippen molar-refractivity contribution in [3.8, 4) is 0 Å². The van der Waals surface area contributed by atoms with Crippen LogP contribution in [0.25, 0.3) is 0 Å². The molecule has 0 radical (unpaired) electrons. The van der Waals surface area contributed by atoms with Gasteiger partial charge in [0.05, 0.1) is 24.0 Å². The minimum Gasteiger partial charge on any atom is -0.462 e. The fraction of sp³-hybridized carbons (Fsp3) is 0.920. The standard InChI is InChI=1S/C25H44O7Si/c1-9-33(10-2,11-3)31-21-17(6)25(28-8)13-12-24(7,32-25)15-19(29-23(27)16(4)5)18-14-20(26)30-22(18)21/h16-19,21-22H,9-15H2,1-8H3/t17-,18-,19-,21-,22+,24-,25+/m1/s1. The lowest BCUT2D eigenvalue weighted by Crippen LogP contribution is -2.55. The van der Waals surface area contributed by atoms with Crippen LogP contribution >= 0.6 is 0 Å². The zero-order valence-electron chi connectivity index (χ0n) is 21.8. The van der Waals surface area contributed by atoms with Crippen molar-refractivity contribution in [2.45, 2.75) is 122 Å². The van der Waals surface area contributed by atoms with E-state index < -0.39 is 31.9 Å². The fourth-order valence-corrected chi connectivity index (χ4v) is 8.90. The zero-order valence-corrected chi connectivity index (χ0v) is 22.8. The Labute approximate surface area is 200 Å². The van der Waals surface area contributed by atoms with Crippen molar-refractivity contribution in [2.24, 2.45) is 17.8 Å². The molecule has 3 heterocycles. The van der Waals surface area contributed by atoms with Crippen molar-refractivity contribution in [3.63, 3.8) is 0 Å². The van der Waals surface area contributed by atoms with Crippen LogP contribution in [-0.2, 0) is 33.0 Å². The van der Waals surface area contributed by atoms with Gasteiger partial charge in [-0.15, -0.1) is 0 Å². The molecule has 33 heavy (non-hydrogen) atoms. The molecule has 0 aromatic rings. The van der Waals surface area contributed by atoms with Crippen LogP contribution in [0, 0.1) is 17.8 Å². The van der Waals surface area contributed by atoms with Crippen LogP contribution in [0.2, 0.25) is 18.1 Å². The summed E-state index contributed by atoms with van der Waals surface area (Å²) in [7, 11) is -0.369. The third kappa shape index (κ3) is 5.04. The van der Waals surface area contributed by atoms with Crippen LogP contribution in [-0.4, -0.2) is 57.1 Å². The summed E-state index contributed by atoms with van der Waals surface area (Å²) in [6.45, 7) is 14.4. The van der Waals surface area contributed by atoms with Gasteiger partial charge in [0.2, 0.25) is 0 Å². The minimum atomic E-state index is -2.06. The van der Waals surface area contributed by atoms with Crippen molar-refractivity contribution in [1.82, 2.24) is 0 Å². The maximum absolute atomic E-state index is 12.7. The van der Waals surface area contributed by atoms with Gasteiger partial charge in [-0.3, -0.25) is 9.59 Å². The third-order valence-electron chi connectivity index (χ3n) is 8.54. The molecule has 8 heteroatoms. The number of hydrogen-bond donors (Lipinski definition) is 0. The Bertz CT molecular complexity index is 715. The fourth-order valence-electron chi connectivity index (χ4n) is 5.99. The van der Waals surface area contributed by atoms with E-state index >= 15 is 0 Å². The van der Waals surface area contributed by atoms with Gasteiger partial charge in [-0.1, -0.05) is 41.5 Å². The summed E-state index contributed by atoms with van der Waals surface area (Å²) in [5.74, 6) is -2.01. The van der Waals surface area contributed by atoms with Gasteiger partial charge in [0.25, 0.3) is 0 Å². The lowest BCUT2D eigenvalue weighted by molar-refractivity contribution is -0.276. The average molecular weight is 485 g/mol. The molecule has 3 aliphatic heterocycles. The number of rotatable bonds is 8. The molecular formula is C25H44O7Si.